The van der Waals surface area contributed by atoms with E-state index in [4.69, 9.17) is 6.42 Å². The number of carboxylic acid groups (broad SMARTS) is 1. The lowest BCUT2D eigenvalue weighted by Gasteiger charge is -2.13. The predicted octanol–water partition coefficient (Wildman–Crippen LogP) is 1.49. The van der Waals surface area contributed by atoms with E-state index in [1.54, 1.807) is 19.1 Å². The van der Waals surface area contributed by atoms with Crippen LogP contribution in [0, 0.1) is 12.3 Å². The summed E-state index contributed by atoms with van der Waals surface area (Å²) < 4.78 is 26.7. The predicted molar refractivity (Wildman–Crippen MR) is 78.2 cm³/mol. The Morgan fingerprint density at radius 1 is 1.43 bits per heavy atom. The van der Waals surface area contributed by atoms with Crippen molar-refractivity contribution in [3.8, 4) is 12.3 Å². The number of carboxylic acids is 1. The highest BCUT2D eigenvalue weighted by Gasteiger charge is 2.51. The largest absolute Gasteiger partial charge is 0.481 e. The van der Waals surface area contributed by atoms with Crippen LogP contribution < -0.4 is 4.72 Å². The van der Waals surface area contributed by atoms with E-state index >= 15 is 0 Å². The Kier molecular flexibility index (Phi) is 4.08. The summed E-state index contributed by atoms with van der Waals surface area (Å²) in [5, 5.41) is 9.22. The Hall–Kier alpha value is -1.84. The minimum Gasteiger partial charge on any atom is -0.481 e. The molecule has 21 heavy (non-hydrogen) atoms. The summed E-state index contributed by atoms with van der Waals surface area (Å²) in [5.41, 5.74) is -0.196. The molecule has 1 atom stereocenters. The van der Waals surface area contributed by atoms with Crippen LogP contribution >= 0.6 is 0 Å². The molecule has 112 valence electrons. The molecule has 1 saturated carbocycles. The number of hydrogen-bond acceptors (Lipinski definition) is 3. The Balaban J connectivity index is 2.24. The standard InChI is InChI=1S/C15H17NO4S/c1-3-12(4-2)16-21(19,20)13-7-5-11(6-8-13)15(9-10-15)14(17)18/h1,5-8,12,16H,4,9-10H2,2H3,(H,17,18). The van der Waals surface area contributed by atoms with E-state index in [0.717, 1.165) is 0 Å². The van der Waals surface area contributed by atoms with E-state index in [1.165, 1.54) is 12.1 Å². The zero-order chi connectivity index (χ0) is 15.7. The number of benzene rings is 1. The number of terminal acetylenes is 1. The molecule has 0 saturated heterocycles. The van der Waals surface area contributed by atoms with Gasteiger partial charge in [0.1, 0.15) is 0 Å². The number of hydrogen-bond donors (Lipinski definition) is 2. The summed E-state index contributed by atoms with van der Waals surface area (Å²) in [6.07, 6.45) is 6.92. The van der Waals surface area contributed by atoms with Gasteiger partial charge in [-0.15, -0.1) is 6.42 Å². The Morgan fingerprint density at radius 2 is 2.00 bits per heavy atom. The molecule has 6 heteroatoms. The van der Waals surface area contributed by atoms with Gasteiger partial charge in [-0.05, 0) is 37.0 Å². The quantitative estimate of drug-likeness (QED) is 0.780. The first-order valence-electron chi connectivity index (χ1n) is 6.68. The van der Waals surface area contributed by atoms with Crippen molar-refractivity contribution in [1.29, 1.82) is 0 Å². The molecule has 0 radical (unpaired) electrons. The molecule has 5 nitrogen and oxygen atoms in total. The molecule has 2 rings (SSSR count). The van der Waals surface area contributed by atoms with Crippen LogP contribution in [0.3, 0.4) is 0 Å². The van der Waals surface area contributed by atoms with Crippen LogP contribution in [0.1, 0.15) is 31.7 Å². The molecule has 1 aliphatic carbocycles. The average molecular weight is 307 g/mol. The molecule has 0 aliphatic heterocycles. The van der Waals surface area contributed by atoms with Crippen LogP contribution in [0.4, 0.5) is 0 Å². The van der Waals surface area contributed by atoms with Gasteiger partial charge >= 0.3 is 5.97 Å². The first-order chi connectivity index (χ1) is 9.85. The first kappa shape index (κ1) is 15.5. The topological polar surface area (TPSA) is 83.5 Å². The van der Waals surface area contributed by atoms with Gasteiger partial charge in [-0.25, -0.2) is 8.42 Å². The first-order valence-corrected chi connectivity index (χ1v) is 8.16. The van der Waals surface area contributed by atoms with Gasteiger partial charge in [-0.1, -0.05) is 25.0 Å². The third-order valence-corrected chi connectivity index (χ3v) is 5.27. The third-order valence-electron chi connectivity index (χ3n) is 3.78. The van der Waals surface area contributed by atoms with E-state index in [-0.39, 0.29) is 4.90 Å². The average Bonchev–Trinajstić information content (AvgIpc) is 3.26. The second-order valence-corrected chi connectivity index (χ2v) is 6.87. The summed E-state index contributed by atoms with van der Waals surface area (Å²) in [4.78, 5) is 11.3. The van der Waals surface area contributed by atoms with Gasteiger partial charge < -0.3 is 5.11 Å². The summed E-state index contributed by atoms with van der Waals surface area (Å²) >= 11 is 0. The number of sulfonamides is 1. The van der Waals surface area contributed by atoms with Crippen LogP contribution in [0.5, 0.6) is 0 Å². The fourth-order valence-electron chi connectivity index (χ4n) is 2.19. The van der Waals surface area contributed by atoms with Crippen molar-refractivity contribution in [2.24, 2.45) is 0 Å². The van der Waals surface area contributed by atoms with E-state index < -0.39 is 27.4 Å². The molecule has 1 unspecified atom stereocenters. The van der Waals surface area contributed by atoms with E-state index in [9.17, 15) is 18.3 Å². The SMILES string of the molecule is C#CC(CC)NS(=O)(=O)c1ccc(C2(C(=O)O)CC2)cc1. The second kappa shape index (κ2) is 5.51. The Bertz CT molecular complexity index is 681. The van der Waals surface area contributed by atoms with E-state index in [1.807, 2.05) is 0 Å². The summed E-state index contributed by atoms with van der Waals surface area (Å²) in [6, 6.07) is 5.41. The number of carbonyl (C=O) groups is 1. The normalized spacial score (nSPS) is 17.7. The molecular formula is C15H17NO4S. The minimum atomic E-state index is -3.69. The van der Waals surface area contributed by atoms with E-state index in [2.05, 4.69) is 10.6 Å². The summed E-state index contributed by atoms with van der Waals surface area (Å²) in [6.45, 7) is 1.79. The molecule has 0 amide bonds. The number of aliphatic carboxylic acids is 1. The second-order valence-electron chi connectivity index (χ2n) is 5.16. The molecule has 1 aliphatic rings. The Morgan fingerprint density at radius 3 is 2.38 bits per heavy atom. The van der Waals surface area contributed by atoms with Crippen LogP contribution in [-0.2, 0) is 20.2 Å². The fourth-order valence-corrected chi connectivity index (χ4v) is 3.43. The van der Waals surface area contributed by atoms with Gasteiger partial charge in [0.25, 0.3) is 0 Å². The highest BCUT2D eigenvalue weighted by atomic mass is 32.2. The van der Waals surface area contributed by atoms with Gasteiger partial charge in [0.05, 0.1) is 16.4 Å². The minimum absolute atomic E-state index is 0.0844. The Labute approximate surface area is 124 Å². The highest BCUT2D eigenvalue weighted by molar-refractivity contribution is 7.89. The molecular weight excluding hydrogens is 290 g/mol. The maximum absolute atomic E-state index is 12.1. The van der Waals surface area contributed by atoms with Gasteiger partial charge in [0, 0.05) is 0 Å². The highest BCUT2D eigenvalue weighted by Crippen LogP contribution is 2.48. The van der Waals surface area contributed by atoms with Crippen LogP contribution in [0.15, 0.2) is 29.2 Å². The maximum Gasteiger partial charge on any atom is 0.314 e. The van der Waals surface area contributed by atoms with Crippen LogP contribution in [0.25, 0.3) is 0 Å². The molecule has 0 heterocycles. The lowest BCUT2D eigenvalue weighted by atomic mass is 9.96. The third kappa shape index (κ3) is 2.94. The van der Waals surface area contributed by atoms with Crippen molar-refractivity contribution in [3.63, 3.8) is 0 Å². The summed E-state index contributed by atoms with van der Waals surface area (Å²) in [7, 11) is -3.69. The van der Waals surface area contributed by atoms with E-state index in [0.29, 0.717) is 24.8 Å². The molecule has 1 fully saturated rings. The smallest absolute Gasteiger partial charge is 0.314 e. The zero-order valence-corrected chi connectivity index (χ0v) is 12.5. The number of nitrogens with one attached hydrogen (secondary N) is 1. The molecule has 0 aromatic heterocycles. The van der Waals surface area contributed by atoms with Crippen molar-refractivity contribution in [3.05, 3.63) is 29.8 Å². The maximum atomic E-state index is 12.1. The molecule has 1 aromatic rings. The zero-order valence-electron chi connectivity index (χ0n) is 11.7. The van der Waals surface area contributed by atoms with Crippen molar-refractivity contribution in [1.82, 2.24) is 4.72 Å². The molecule has 0 bridgehead atoms. The molecule has 2 N–H and O–H groups in total. The summed E-state index contributed by atoms with van der Waals surface area (Å²) in [5.74, 6) is 1.50. The lowest BCUT2D eigenvalue weighted by molar-refractivity contribution is -0.140. The van der Waals surface area contributed by atoms with Crippen molar-refractivity contribution < 1.29 is 18.3 Å². The van der Waals surface area contributed by atoms with Crippen LogP contribution in [0.2, 0.25) is 0 Å². The van der Waals surface area contributed by atoms with Crippen LogP contribution in [-0.4, -0.2) is 25.5 Å². The van der Waals surface area contributed by atoms with Crippen molar-refractivity contribution in [2.75, 3.05) is 0 Å². The van der Waals surface area contributed by atoms with Gasteiger partial charge in [0.15, 0.2) is 0 Å². The van der Waals surface area contributed by atoms with Gasteiger partial charge in [-0.3, -0.25) is 4.79 Å². The van der Waals surface area contributed by atoms with Crippen molar-refractivity contribution >= 4 is 16.0 Å². The fraction of sp³-hybridized carbons (Fsp3) is 0.400. The van der Waals surface area contributed by atoms with Crippen molar-refractivity contribution in [2.45, 2.75) is 42.5 Å². The monoisotopic (exact) mass is 307 g/mol. The van der Waals surface area contributed by atoms with Gasteiger partial charge in [-0.2, -0.15) is 4.72 Å². The molecule has 1 aromatic carbocycles. The lowest BCUT2D eigenvalue weighted by Crippen LogP contribution is -2.33. The number of rotatable bonds is 6. The molecule has 0 spiro atoms. The van der Waals surface area contributed by atoms with Gasteiger partial charge in [0.2, 0.25) is 10.0 Å².